The summed E-state index contributed by atoms with van der Waals surface area (Å²) in [5.41, 5.74) is 0.433. The Hall–Kier alpha value is -2.12. The number of ether oxygens (including phenoxy) is 2. The van der Waals surface area contributed by atoms with Crippen LogP contribution in [0.15, 0.2) is 24.3 Å². The third-order valence-electron chi connectivity index (χ3n) is 2.47. The second-order valence-corrected chi connectivity index (χ2v) is 3.71. The zero-order valence-electron chi connectivity index (χ0n) is 9.02. The second-order valence-electron chi connectivity index (χ2n) is 3.71. The number of phenolic OH excluding ortho intramolecular Hbond substituents is 1. The second kappa shape index (κ2) is 4.63. The molecule has 0 radical (unpaired) electrons. The van der Waals surface area contributed by atoms with Crippen molar-refractivity contribution < 1.29 is 34.4 Å². The van der Waals surface area contributed by atoms with Crippen molar-refractivity contribution in [2.45, 2.75) is 18.5 Å². The van der Waals surface area contributed by atoms with E-state index in [1.807, 2.05) is 0 Å². The van der Waals surface area contributed by atoms with Crippen molar-refractivity contribution in [3.8, 4) is 5.75 Å². The molecule has 2 unspecified atom stereocenters. The minimum Gasteiger partial charge on any atom is -0.508 e. The number of hydrogen-bond donors (Lipinski definition) is 3. The first-order chi connectivity index (χ1) is 8.49. The molecule has 7 nitrogen and oxygen atoms in total. The van der Waals surface area contributed by atoms with Gasteiger partial charge in [-0.25, -0.2) is 9.59 Å². The highest BCUT2D eigenvalue weighted by molar-refractivity contribution is 5.84. The maximum Gasteiger partial charge on any atom is 0.336 e. The summed E-state index contributed by atoms with van der Waals surface area (Å²) in [6.45, 7) is 0. The van der Waals surface area contributed by atoms with E-state index in [-0.39, 0.29) is 5.75 Å². The number of rotatable bonds is 3. The van der Waals surface area contributed by atoms with Crippen LogP contribution < -0.4 is 0 Å². The van der Waals surface area contributed by atoms with Crippen molar-refractivity contribution >= 4 is 11.9 Å². The first-order valence-corrected chi connectivity index (χ1v) is 5.04. The van der Waals surface area contributed by atoms with Gasteiger partial charge in [-0.15, -0.1) is 0 Å². The van der Waals surface area contributed by atoms with Crippen molar-refractivity contribution in [1.29, 1.82) is 0 Å². The molecule has 2 rings (SSSR count). The molecule has 1 aliphatic rings. The Labute approximate surface area is 101 Å². The molecule has 0 aliphatic carbocycles. The molecular formula is C11H10O7. The number of phenols is 1. The van der Waals surface area contributed by atoms with Crippen LogP contribution in [0.1, 0.15) is 11.9 Å². The molecule has 1 aromatic carbocycles. The van der Waals surface area contributed by atoms with Crippen LogP contribution in [-0.4, -0.2) is 39.5 Å². The highest BCUT2D eigenvalue weighted by atomic mass is 16.7. The van der Waals surface area contributed by atoms with Crippen LogP contribution in [0.5, 0.6) is 5.75 Å². The monoisotopic (exact) mass is 254 g/mol. The van der Waals surface area contributed by atoms with Gasteiger partial charge < -0.3 is 24.8 Å². The minimum absolute atomic E-state index is 0.0290. The zero-order chi connectivity index (χ0) is 13.3. The van der Waals surface area contributed by atoms with Gasteiger partial charge in [0.15, 0.2) is 18.5 Å². The standard InChI is InChI=1S/C11H10O7/c12-6-3-1-5(2-4-6)11-17-7(9(13)14)8(18-11)10(15)16/h1-4,7-8,11-12H,(H,13,14)(H,15,16). The zero-order valence-corrected chi connectivity index (χ0v) is 9.02. The van der Waals surface area contributed by atoms with Gasteiger partial charge in [-0.05, 0) is 12.1 Å². The summed E-state index contributed by atoms with van der Waals surface area (Å²) >= 11 is 0. The fourth-order valence-electron chi connectivity index (χ4n) is 1.61. The van der Waals surface area contributed by atoms with Crippen molar-refractivity contribution in [1.82, 2.24) is 0 Å². The minimum atomic E-state index is -1.55. The molecule has 0 amide bonds. The number of carboxylic acid groups (broad SMARTS) is 2. The topological polar surface area (TPSA) is 113 Å². The molecule has 18 heavy (non-hydrogen) atoms. The smallest absolute Gasteiger partial charge is 0.336 e. The maximum absolute atomic E-state index is 10.8. The fourth-order valence-corrected chi connectivity index (χ4v) is 1.61. The summed E-state index contributed by atoms with van der Waals surface area (Å²) in [6.07, 6.45) is -4.18. The average Bonchev–Trinajstić information content (AvgIpc) is 2.75. The molecule has 1 fully saturated rings. The van der Waals surface area contributed by atoms with E-state index in [2.05, 4.69) is 0 Å². The lowest BCUT2D eigenvalue weighted by Crippen LogP contribution is -2.36. The van der Waals surface area contributed by atoms with Gasteiger partial charge in [-0.3, -0.25) is 0 Å². The molecule has 1 heterocycles. The van der Waals surface area contributed by atoms with Gasteiger partial charge in [0.25, 0.3) is 0 Å². The first-order valence-electron chi connectivity index (χ1n) is 5.04. The van der Waals surface area contributed by atoms with Gasteiger partial charge in [0, 0.05) is 5.56 Å². The third kappa shape index (κ3) is 2.27. The van der Waals surface area contributed by atoms with Crippen molar-refractivity contribution in [3.63, 3.8) is 0 Å². The lowest BCUT2D eigenvalue weighted by molar-refractivity contribution is -0.156. The molecule has 0 spiro atoms. The Kier molecular flexibility index (Phi) is 3.17. The normalized spacial score (nSPS) is 27.0. The van der Waals surface area contributed by atoms with E-state index >= 15 is 0 Å². The van der Waals surface area contributed by atoms with Crippen LogP contribution >= 0.6 is 0 Å². The highest BCUT2D eigenvalue weighted by Crippen LogP contribution is 2.32. The van der Waals surface area contributed by atoms with E-state index < -0.39 is 30.4 Å². The van der Waals surface area contributed by atoms with Crippen molar-refractivity contribution in [2.24, 2.45) is 0 Å². The summed E-state index contributed by atoms with van der Waals surface area (Å²) < 4.78 is 10.1. The molecule has 96 valence electrons. The SMILES string of the molecule is O=C(O)C1OC(c2ccc(O)cc2)OC1C(=O)O. The first kappa shape index (κ1) is 12.3. The number of hydrogen-bond acceptors (Lipinski definition) is 5. The maximum atomic E-state index is 10.8. The Bertz CT molecular complexity index is 445. The third-order valence-corrected chi connectivity index (χ3v) is 2.47. The summed E-state index contributed by atoms with van der Waals surface area (Å²) in [6, 6.07) is 5.66. The molecule has 0 saturated carbocycles. The molecule has 0 aromatic heterocycles. The Morgan fingerprint density at radius 3 is 1.78 bits per heavy atom. The highest BCUT2D eigenvalue weighted by Gasteiger charge is 2.46. The molecule has 1 aliphatic heterocycles. The Balaban J connectivity index is 2.20. The predicted molar refractivity (Wildman–Crippen MR) is 55.9 cm³/mol. The summed E-state index contributed by atoms with van der Waals surface area (Å²) in [4.78, 5) is 21.7. The summed E-state index contributed by atoms with van der Waals surface area (Å²) in [7, 11) is 0. The van der Waals surface area contributed by atoms with Crippen LogP contribution in [-0.2, 0) is 19.1 Å². The lowest BCUT2D eigenvalue weighted by Gasteiger charge is -2.09. The van der Waals surface area contributed by atoms with Crippen molar-refractivity contribution in [2.75, 3.05) is 0 Å². The van der Waals surface area contributed by atoms with E-state index in [0.717, 1.165) is 0 Å². The summed E-state index contributed by atoms with van der Waals surface area (Å²) in [5, 5.41) is 26.8. The number of carboxylic acids is 2. The molecule has 0 bridgehead atoms. The molecule has 2 atom stereocenters. The molecule has 3 N–H and O–H groups in total. The van der Waals surface area contributed by atoms with E-state index in [9.17, 15) is 9.59 Å². The number of benzene rings is 1. The van der Waals surface area contributed by atoms with Crippen LogP contribution in [0.25, 0.3) is 0 Å². The molecular weight excluding hydrogens is 244 g/mol. The van der Waals surface area contributed by atoms with E-state index in [1.54, 1.807) is 0 Å². The van der Waals surface area contributed by atoms with Crippen LogP contribution in [0.3, 0.4) is 0 Å². The average molecular weight is 254 g/mol. The van der Waals surface area contributed by atoms with Gasteiger partial charge >= 0.3 is 11.9 Å². The van der Waals surface area contributed by atoms with E-state index in [0.29, 0.717) is 5.56 Å². The quantitative estimate of drug-likeness (QED) is 0.712. The predicted octanol–water partition coefficient (Wildman–Crippen LogP) is 0.344. The van der Waals surface area contributed by atoms with Crippen LogP contribution in [0, 0.1) is 0 Å². The molecule has 1 aromatic rings. The van der Waals surface area contributed by atoms with E-state index in [1.165, 1.54) is 24.3 Å². The fraction of sp³-hybridized carbons (Fsp3) is 0.273. The van der Waals surface area contributed by atoms with Crippen LogP contribution in [0.2, 0.25) is 0 Å². The van der Waals surface area contributed by atoms with Gasteiger partial charge in [-0.1, -0.05) is 12.1 Å². The number of carbonyl (C=O) groups is 2. The van der Waals surface area contributed by atoms with Gasteiger partial charge in [0.05, 0.1) is 0 Å². The van der Waals surface area contributed by atoms with Gasteiger partial charge in [0.2, 0.25) is 0 Å². The number of aliphatic carboxylic acids is 2. The van der Waals surface area contributed by atoms with Crippen molar-refractivity contribution in [3.05, 3.63) is 29.8 Å². The largest absolute Gasteiger partial charge is 0.508 e. The Morgan fingerprint density at radius 1 is 0.944 bits per heavy atom. The molecule has 7 heteroatoms. The Morgan fingerprint density at radius 2 is 1.39 bits per heavy atom. The van der Waals surface area contributed by atoms with Crippen LogP contribution in [0.4, 0.5) is 0 Å². The van der Waals surface area contributed by atoms with E-state index in [4.69, 9.17) is 24.8 Å². The number of aromatic hydroxyl groups is 1. The van der Waals surface area contributed by atoms with Gasteiger partial charge in [0.1, 0.15) is 5.75 Å². The van der Waals surface area contributed by atoms with Gasteiger partial charge in [-0.2, -0.15) is 0 Å². The summed E-state index contributed by atoms with van der Waals surface area (Å²) in [5.74, 6) is -2.77. The lowest BCUT2D eigenvalue weighted by atomic mass is 10.2. The molecule has 1 saturated heterocycles.